The Labute approximate surface area is 109 Å². The van der Waals surface area contributed by atoms with Crippen LogP contribution in [0.2, 0.25) is 0 Å². The number of rotatable bonds is 6. The van der Waals surface area contributed by atoms with E-state index in [9.17, 15) is 4.39 Å². The zero-order valence-electron chi connectivity index (χ0n) is 9.98. The molecule has 0 spiro atoms. The van der Waals surface area contributed by atoms with E-state index in [0.717, 1.165) is 17.8 Å². The van der Waals surface area contributed by atoms with Gasteiger partial charge in [-0.3, -0.25) is 4.98 Å². The number of nitrogens with zero attached hydrogens (tertiary/aromatic N) is 3. The first-order valence-electron chi connectivity index (χ1n) is 5.67. The van der Waals surface area contributed by atoms with E-state index in [1.165, 1.54) is 17.5 Å². The molecule has 2 aromatic rings. The van der Waals surface area contributed by atoms with Crippen LogP contribution in [0.25, 0.3) is 0 Å². The van der Waals surface area contributed by atoms with E-state index in [4.69, 9.17) is 0 Å². The number of anilines is 2. The van der Waals surface area contributed by atoms with E-state index in [0.29, 0.717) is 12.5 Å². The van der Waals surface area contributed by atoms with Crippen molar-refractivity contribution in [3.05, 3.63) is 28.6 Å². The van der Waals surface area contributed by atoms with Crippen LogP contribution in [0.1, 0.15) is 18.2 Å². The summed E-state index contributed by atoms with van der Waals surface area (Å²) in [6.45, 7) is 3.31. The molecule has 0 amide bonds. The maximum Gasteiger partial charge on any atom is 0.224 e. The van der Waals surface area contributed by atoms with Gasteiger partial charge in [-0.05, 0) is 6.42 Å². The zero-order chi connectivity index (χ0) is 12.8. The molecular formula is C11H14FN5S. The molecule has 0 saturated carbocycles. The molecule has 0 unspecified atom stereocenters. The SMILES string of the molecule is CCCNc1ncc(F)c(NCc2cncs2)n1. The fraction of sp³-hybridized carbons (Fsp3) is 0.364. The van der Waals surface area contributed by atoms with Crippen molar-refractivity contribution in [2.24, 2.45) is 0 Å². The van der Waals surface area contributed by atoms with Crippen LogP contribution in [0.3, 0.4) is 0 Å². The third-order valence-electron chi connectivity index (χ3n) is 2.19. The predicted octanol–water partition coefficient (Wildman–Crippen LogP) is 2.51. The lowest BCUT2D eigenvalue weighted by molar-refractivity contribution is 0.617. The van der Waals surface area contributed by atoms with Crippen LogP contribution < -0.4 is 10.6 Å². The van der Waals surface area contributed by atoms with E-state index >= 15 is 0 Å². The van der Waals surface area contributed by atoms with Crippen molar-refractivity contribution in [3.8, 4) is 0 Å². The number of aromatic nitrogens is 3. The zero-order valence-corrected chi connectivity index (χ0v) is 10.8. The maximum atomic E-state index is 13.5. The third kappa shape index (κ3) is 3.36. The van der Waals surface area contributed by atoms with Crippen molar-refractivity contribution in [1.29, 1.82) is 0 Å². The Morgan fingerprint density at radius 3 is 2.94 bits per heavy atom. The summed E-state index contributed by atoms with van der Waals surface area (Å²) in [4.78, 5) is 12.9. The van der Waals surface area contributed by atoms with Crippen molar-refractivity contribution in [2.45, 2.75) is 19.9 Å². The molecule has 2 aromatic heterocycles. The largest absolute Gasteiger partial charge is 0.363 e. The maximum absolute atomic E-state index is 13.5. The first kappa shape index (κ1) is 12.7. The Balaban J connectivity index is 2.01. The van der Waals surface area contributed by atoms with Gasteiger partial charge in [-0.15, -0.1) is 11.3 Å². The lowest BCUT2D eigenvalue weighted by atomic mass is 10.4. The number of thiazole rings is 1. The van der Waals surface area contributed by atoms with Crippen molar-refractivity contribution in [2.75, 3.05) is 17.2 Å². The van der Waals surface area contributed by atoms with Crippen LogP contribution in [0.15, 0.2) is 17.9 Å². The first-order chi connectivity index (χ1) is 8.79. The van der Waals surface area contributed by atoms with Gasteiger partial charge in [0, 0.05) is 17.6 Å². The minimum Gasteiger partial charge on any atom is -0.363 e. The molecule has 2 heterocycles. The minimum absolute atomic E-state index is 0.206. The monoisotopic (exact) mass is 267 g/mol. The Kier molecular flexibility index (Phi) is 4.40. The van der Waals surface area contributed by atoms with E-state index in [1.54, 1.807) is 11.7 Å². The van der Waals surface area contributed by atoms with Crippen molar-refractivity contribution in [3.63, 3.8) is 0 Å². The lowest BCUT2D eigenvalue weighted by Gasteiger charge is -2.07. The van der Waals surface area contributed by atoms with Crippen LogP contribution in [-0.4, -0.2) is 21.5 Å². The van der Waals surface area contributed by atoms with Gasteiger partial charge < -0.3 is 10.6 Å². The fourth-order valence-corrected chi connectivity index (χ4v) is 1.85. The minimum atomic E-state index is -0.457. The number of nitrogens with one attached hydrogen (secondary N) is 2. The lowest BCUT2D eigenvalue weighted by Crippen LogP contribution is -2.08. The molecule has 0 fully saturated rings. The topological polar surface area (TPSA) is 62.7 Å². The third-order valence-corrected chi connectivity index (χ3v) is 2.97. The van der Waals surface area contributed by atoms with Crippen LogP contribution >= 0.6 is 11.3 Å². The molecule has 96 valence electrons. The van der Waals surface area contributed by atoms with Gasteiger partial charge in [-0.2, -0.15) is 4.98 Å². The standard InChI is InChI=1S/C11H14FN5S/c1-2-3-14-11-16-6-9(12)10(17-11)15-5-8-4-13-7-18-8/h4,6-7H,2-3,5H2,1H3,(H2,14,15,16,17). The fourth-order valence-electron chi connectivity index (χ4n) is 1.31. The molecule has 0 atom stereocenters. The Hall–Kier alpha value is -1.76. The second-order valence-corrected chi connectivity index (χ2v) is 4.61. The average molecular weight is 267 g/mol. The van der Waals surface area contributed by atoms with Crippen LogP contribution in [0.4, 0.5) is 16.2 Å². The molecule has 0 radical (unpaired) electrons. The van der Waals surface area contributed by atoms with Crippen LogP contribution in [0.5, 0.6) is 0 Å². The second-order valence-electron chi connectivity index (χ2n) is 3.64. The first-order valence-corrected chi connectivity index (χ1v) is 6.55. The summed E-state index contributed by atoms with van der Waals surface area (Å²) < 4.78 is 13.5. The van der Waals surface area contributed by atoms with Gasteiger partial charge in [0.2, 0.25) is 5.95 Å². The van der Waals surface area contributed by atoms with E-state index in [2.05, 4.69) is 25.6 Å². The Morgan fingerprint density at radius 1 is 1.33 bits per heavy atom. The van der Waals surface area contributed by atoms with E-state index in [-0.39, 0.29) is 5.82 Å². The van der Waals surface area contributed by atoms with Gasteiger partial charge >= 0.3 is 0 Å². The number of hydrogen-bond acceptors (Lipinski definition) is 6. The predicted molar refractivity (Wildman–Crippen MR) is 70.2 cm³/mol. The summed E-state index contributed by atoms with van der Waals surface area (Å²) in [6, 6.07) is 0. The molecule has 0 aliphatic rings. The summed E-state index contributed by atoms with van der Waals surface area (Å²) in [6.07, 6.45) is 3.87. The van der Waals surface area contributed by atoms with Crippen LogP contribution in [0, 0.1) is 5.82 Å². The number of halogens is 1. The average Bonchev–Trinajstić information content (AvgIpc) is 2.89. The van der Waals surface area contributed by atoms with Gasteiger partial charge in [0.1, 0.15) is 0 Å². The van der Waals surface area contributed by atoms with Gasteiger partial charge in [0.05, 0.1) is 18.3 Å². The molecule has 0 aliphatic heterocycles. The Morgan fingerprint density at radius 2 is 2.22 bits per heavy atom. The van der Waals surface area contributed by atoms with E-state index in [1.807, 2.05) is 6.92 Å². The summed E-state index contributed by atoms with van der Waals surface area (Å²) >= 11 is 1.51. The van der Waals surface area contributed by atoms with Crippen molar-refractivity contribution >= 4 is 23.1 Å². The molecular weight excluding hydrogens is 253 g/mol. The summed E-state index contributed by atoms with van der Waals surface area (Å²) in [7, 11) is 0. The highest BCUT2D eigenvalue weighted by molar-refractivity contribution is 7.09. The van der Waals surface area contributed by atoms with Gasteiger partial charge in [-0.1, -0.05) is 6.92 Å². The summed E-state index contributed by atoms with van der Waals surface area (Å²) in [5.41, 5.74) is 1.74. The highest BCUT2D eigenvalue weighted by Gasteiger charge is 2.06. The molecule has 0 aromatic carbocycles. The highest BCUT2D eigenvalue weighted by atomic mass is 32.1. The molecule has 2 N–H and O–H groups in total. The normalized spacial score (nSPS) is 10.3. The Bertz CT molecular complexity index is 488. The van der Waals surface area contributed by atoms with Crippen molar-refractivity contribution in [1.82, 2.24) is 15.0 Å². The van der Waals surface area contributed by atoms with Gasteiger partial charge in [-0.25, -0.2) is 9.37 Å². The summed E-state index contributed by atoms with van der Waals surface area (Å²) in [5, 5.41) is 5.95. The smallest absolute Gasteiger partial charge is 0.224 e. The molecule has 0 bridgehead atoms. The molecule has 5 nitrogen and oxygen atoms in total. The molecule has 7 heteroatoms. The second kappa shape index (κ2) is 6.25. The quantitative estimate of drug-likeness (QED) is 0.842. The van der Waals surface area contributed by atoms with Gasteiger partial charge in [0.25, 0.3) is 0 Å². The van der Waals surface area contributed by atoms with Crippen molar-refractivity contribution < 1.29 is 4.39 Å². The highest BCUT2D eigenvalue weighted by Crippen LogP contribution is 2.14. The van der Waals surface area contributed by atoms with E-state index < -0.39 is 5.82 Å². The summed E-state index contributed by atoms with van der Waals surface area (Å²) in [5.74, 6) is 0.184. The van der Waals surface area contributed by atoms with Crippen LogP contribution in [-0.2, 0) is 6.54 Å². The molecule has 2 rings (SSSR count). The molecule has 0 saturated heterocycles. The molecule has 18 heavy (non-hydrogen) atoms. The number of hydrogen-bond donors (Lipinski definition) is 2. The van der Waals surface area contributed by atoms with Gasteiger partial charge in [0.15, 0.2) is 11.6 Å². The molecule has 0 aliphatic carbocycles.